The summed E-state index contributed by atoms with van der Waals surface area (Å²) in [7, 11) is 3.32. The molecule has 2 heterocycles. The minimum Gasteiger partial charge on any atom is -0.495 e. The Morgan fingerprint density at radius 2 is 1.78 bits per heavy atom. The van der Waals surface area contributed by atoms with E-state index in [4.69, 9.17) is 14.5 Å². The molecule has 1 saturated carbocycles. The lowest BCUT2D eigenvalue weighted by Gasteiger charge is -2.35. The van der Waals surface area contributed by atoms with Crippen molar-refractivity contribution in [2.45, 2.75) is 31.7 Å². The minimum atomic E-state index is 0.0780. The highest BCUT2D eigenvalue weighted by Crippen LogP contribution is 2.40. The van der Waals surface area contributed by atoms with Crippen molar-refractivity contribution in [2.24, 2.45) is 0 Å². The Bertz CT molecular complexity index is 770. The summed E-state index contributed by atoms with van der Waals surface area (Å²) in [6, 6.07) is 4.23. The summed E-state index contributed by atoms with van der Waals surface area (Å²) in [5, 5.41) is 4.13. The molecule has 7 nitrogen and oxygen atoms in total. The van der Waals surface area contributed by atoms with E-state index in [0.29, 0.717) is 19.1 Å². The first-order valence-corrected chi connectivity index (χ1v) is 10.3. The van der Waals surface area contributed by atoms with Crippen molar-refractivity contribution in [2.75, 3.05) is 45.3 Å². The Morgan fingerprint density at radius 1 is 1.11 bits per heavy atom. The Labute approximate surface area is 163 Å². The van der Waals surface area contributed by atoms with Crippen molar-refractivity contribution in [3.63, 3.8) is 0 Å². The maximum atomic E-state index is 12.5. The molecule has 0 spiro atoms. The third-order valence-electron chi connectivity index (χ3n) is 5.42. The number of ether oxygens (including phenoxy) is 2. The number of methoxy groups -OCH3 is 2. The number of amides is 2. The van der Waals surface area contributed by atoms with Crippen LogP contribution in [0.4, 0.5) is 9.93 Å². The van der Waals surface area contributed by atoms with Crippen LogP contribution in [0.15, 0.2) is 12.1 Å². The van der Waals surface area contributed by atoms with Crippen LogP contribution in [0.3, 0.4) is 0 Å². The number of hydrogen-bond donors (Lipinski definition) is 1. The van der Waals surface area contributed by atoms with E-state index in [-0.39, 0.29) is 6.03 Å². The predicted molar refractivity (Wildman–Crippen MR) is 107 cm³/mol. The predicted octanol–water partition coefficient (Wildman–Crippen LogP) is 3.09. The maximum absolute atomic E-state index is 12.5. The van der Waals surface area contributed by atoms with Crippen molar-refractivity contribution in [1.29, 1.82) is 0 Å². The molecule has 1 N–H and O–H groups in total. The number of carbonyl (C=O) groups excluding carboxylic acids is 1. The lowest BCUT2D eigenvalue weighted by atomic mass is 10.2. The molecule has 1 aromatic heterocycles. The van der Waals surface area contributed by atoms with Crippen LogP contribution in [0.1, 0.15) is 25.7 Å². The Hall–Kier alpha value is -2.22. The van der Waals surface area contributed by atoms with E-state index in [1.165, 1.54) is 12.8 Å². The summed E-state index contributed by atoms with van der Waals surface area (Å²) < 4.78 is 11.9. The quantitative estimate of drug-likeness (QED) is 0.869. The second-order valence-corrected chi connectivity index (χ2v) is 8.03. The fourth-order valence-electron chi connectivity index (χ4n) is 3.85. The molecule has 1 aromatic carbocycles. The lowest BCUT2D eigenvalue weighted by Crippen LogP contribution is -2.53. The van der Waals surface area contributed by atoms with Crippen molar-refractivity contribution >= 4 is 32.7 Å². The van der Waals surface area contributed by atoms with E-state index >= 15 is 0 Å². The summed E-state index contributed by atoms with van der Waals surface area (Å²) in [4.78, 5) is 21.4. The van der Waals surface area contributed by atoms with Gasteiger partial charge in [0, 0.05) is 32.2 Å². The highest BCUT2D eigenvalue weighted by molar-refractivity contribution is 7.22. The molecule has 0 atom stereocenters. The monoisotopic (exact) mass is 390 g/mol. The zero-order chi connectivity index (χ0) is 18.8. The van der Waals surface area contributed by atoms with Crippen LogP contribution in [0.2, 0.25) is 0 Å². The second kappa shape index (κ2) is 7.80. The highest BCUT2D eigenvalue weighted by atomic mass is 32.1. The molecule has 4 rings (SSSR count). The molecular weight excluding hydrogens is 364 g/mol. The Balaban J connectivity index is 1.44. The number of nitrogens with one attached hydrogen (secondary N) is 1. The number of piperazine rings is 1. The summed E-state index contributed by atoms with van der Waals surface area (Å²) in [6.07, 6.45) is 4.68. The molecule has 1 aliphatic heterocycles. The average molecular weight is 391 g/mol. The van der Waals surface area contributed by atoms with Crippen LogP contribution in [0.5, 0.6) is 11.5 Å². The van der Waals surface area contributed by atoms with E-state index in [2.05, 4.69) is 10.2 Å². The number of aromatic nitrogens is 1. The Kier molecular flexibility index (Phi) is 5.24. The van der Waals surface area contributed by atoms with Gasteiger partial charge in [-0.2, -0.15) is 0 Å². The molecule has 27 heavy (non-hydrogen) atoms. The van der Waals surface area contributed by atoms with Crippen LogP contribution in [-0.4, -0.2) is 62.4 Å². The largest absolute Gasteiger partial charge is 0.495 e. The highest BCUT2D eigenvalue weighted by Gasteiger charge is 2.26. The standard InChI is InChI=1S/C19H26N4O3S/c1-25-14-7-8-15(26-2)17-16(14)21-19(27-17)23-11-9-22(10-12-23)18(24)20-13-5-3-4-6-13/h7-8,13H,3-6,9-12H2,1-2H3,(H,20,24). The number of rotatable bonds is 4. The molecule has 2 aromatic rings. The van der Waals surface area contributed by atoms with Crippen molar-refractivity contribution in [3.05, 3.63) is 12.1 Å². The van der Waals surface area contributed by atoms with Gasteiger partial charge in [0.15, 0.2) is 5.13 Å². The fraction of sp³-hybridized carbons (Fsp3) is 0.579. The van der Waals surface area contributed by atoms with E-state index < -0.39 is 0 Å². The number of thiazole rings is 1. The molecule has 2 amide bonds. The zero-order valence-corrected chi connectivity index (χ0v) is 16.7. The number of hydrogen-bond acceptors (Lipinski definition) is 6. The number of anilines is 1. The molecule has 0 radical (unpaired) electrons. The van der Waals surface area contributed by atoms with Gasteiger partial charge in [0.05, 0.1) is 14.2 Å². The van der Waals surface area contributed by atoms with Crippen LogP contribution in [0, 0.1) is 0 Å². The van der Waals surface area contributed by atoms with Gasteiger partial charge in [-0.3, -0.25) is 0 Å². The normalized spacial score (nSPS) is 18.1. The number of urea groups is 1. The summed E-state index contributed by atoms with van der Waals surface area (Å²) in [6.45, 7) is 2.98. The molecule has 2 fully saturated rings. The van der Waals surface area contributed by atoms with Crippen LogP contribution < -0.4 is 19.7 Å². The SMILES string of the molecule is COc1ccc(OC)c2sc(N3CCN(C(=O)NC4CCCC4)CC3)nc12. The average Bonchev–Trinajstić information content (AvgIpc) is 3.37. The molecule has 8 heteroatoms. The van der Waals surface area contributed by atoms with E-state index in [9.17, 15) is 4.79 Å². The molecule has 2 aliphatic rings. The van der Waals surface area contributed by atoms with E-state index in [0.717, 1.165) is 52.8 Å². The Morgan fingerprint density at radius 3 is 2.44 bits per heavy atom. The minimum absolute atomic E-state index is 0.0780. The van der Waals surface area contributed by atoms with Crippen molar-refractivity contribution < 1.29 is 14.3 Å². The lowest BCUT2D eigenvalue weighted by molar-refractivity contribution is 0.190. The summed E-state index contributed by atoms with van der Waals surface area (Å²) >= 11 is 1.61. The van der Waals surface area contributed by atoms with Crippen LogP contribution in [-0.2, 0) is 0 Å². The van der Waals surface area contributed by atoms with Gasteiger partial charge in [-0.15, -0.1) is 0 Å². The molecular formula is C19H26N4O3S. The molecule has 146 valence electrons. The van der Waals surface area contributed by atoms with Crippen LogP contribution >= 0.6 is 11.3 Å². The van der Waals surface area contributed by atoms with Gasteiger partial charge in [0.25, 0.3) is 0 Å². The van der Waals surface area contributed by atoms with Crippen molar-refractivity contribution in [1.82, 2.24) is 15.2 Å². The first-order chi connectivity index (χ1) is 13.2. The van der Waals surface area contributed by atoms with E-state index in [1.54, 1.807) is 25.6 Å². The molecule has 1 saturated heterocycles. The third kappa shape index (κ3) is 3.63. The summed E-state index contributed by atoms with van der Waals surface area (Å²) in [5.74, 6) is 1.56. The van der Waals surface area contributed by atoms with Gasteiger partial charge in [0.1, 0.15) is 21.7 Å². The fourth-order valence-corrected chi connectivity index (χ4v) is 4.97. The van der Waals surface area contributed by atoms with Gasteiger partial charge < -0.3 is 24.6 Å². The zero-order valence-electron chi connectivity index (χ0n) is 15.9. The number of nitrogens with zero attached hydrogens (tertiary/aromatic N) is 3. The van der Waals surface area contributed by atoms with Gasteiger partial charge >= 0.3 is 6.03 Å². The molecule has 0 bridgehead atoms. The smallest absolute Gasteiger partial charge is 0.317 e. The molecule has 0 unspecified atom stereocenters. The van der Waals surface area contributed by atoms with Gasteiger partial charge in [-0.05, 0) is 25.0 Å². The first kappa shape index (κ1) is 18.2. The van der Waals surface area contributed by atoms with Crippen molar-refractivity contribution in [3.8, 4) is 11.5 Å². The second-order valence-electron chi connectivity index (χ2n) is 7.05. The maximum Gasteiger partial charge on any atom is 0.317 e. The molecule has 1 aliphatic carbocycles. The van der Waals surface area contributed by atoms with Crippen LogP contribution in [0.25, 0.3) is 10.2 Å². The third-order valence-corrected chi connectivity index (χ3v) is 6.55. The van der Waals surface area contributed by atoms with E-state index in [1.807, 2.05) is 17.0 Å². The number of fused-ring (bicyclic) bond motifs is 1. The number of benzene rings is 1. The summed E-state index contributed by atoms with van der Waals surface area (Å²) in [5.41, 5.74) is 0.832. The van der Waals surface area contributed by atoms with Gasteiger partial charge in [-0.25, -0.2) is 9.78 Å². The van der Waals surface area contributed by atoms with Gasteiger partial charge in [-0.1, -0.05) is 24.2 Å². The topological polar surface area (TPSA) is 66.9 Å². The first-order valence-electron chi connectivity index (χ1n) is 9.51. The number of carbonyl (C=O) groups is 1. The van der Waals surface area contributed by atoms with Gasteiger partial charge in [0.2, 0.25) is 0 Å².